The van der Waals surface area contributed by atoms with E-state index in [1.54, 1.807) is 0 Å². The van der Waals surface area contributed by atoms with Crippen molar-refractivity contribution in [2.75, 3.05) is 0 Å². The molecule has 0 radical (unpaired) electrons. The molecule has 2 heteroatoms. The van der Waals surface area contributed by atoms with Gasteiger partial charge in [0.15, 0.2) is 11.0 Å². The van der Waals surface area contributed by atoms with Crippen molar-refractivity contribution in [2.24, 2.45) is 7.05 Å². The third-order valence-corrected chi connectivity index (χ3v) is 6.23. The minimum absolute atomic E-state index is 0.0550. The highest BCUT2D eigenvalue weighted by Gasteiger charge is 2.33. The zero-order chi connectivity index (χ0) is 22.6. The number of hydrogen-bond acceptors (Lipinski definition) is 0. The summed E-state index contributed by atoms with van der Waals surface area (Å²) < 4.78 is 4.89. The first-order valence-corrected chi connectivity index (χ1v) is 11.2. The summed E-state index contributed by atoms with van der Waals surface area (Å²) in [7, 11) is 2.20. The van der Waals surface area contributed by atoms with E-state index < -0.39 is 0 Å². The van der Waals surface area contributed by atoms with E-state index in [1.165, 1.54) is 44.7 Å². The van der Waals surface area contributed by atoms with Crippen molar-refractivity contribution < 1.29 is 4.57 Å². The van der Waals surface area contributed by atoms with Gasteiger partial charge in [-0.15, -0.1) is 0 Å². The Kier molecular flexibility index (Phi) is 5.08. The molecule has 4 rings (SSSR count). The lowest BCUT2D eigenvalue weighted by atomic mass is 9.87. The molecule has 0 spiro atoms. The van der Waals surface area contributed by atoms with E-state index in [9.17, 15) is 0 Å². The summed E-state index contributed by atoms with van der Waals surface area (Å²) in [5.41, 5.74) is 9.06. The number of benzene rings is 3. The van der Waals surface area contributed by atoms with Gasteiger partial charge in [0.05, 0.1) is 12.6 Å². The Morgan fingerprint density at radius 3 is 2.03 bits per heavy atom. The first-order valence-electron chi connectivity index (χ1n) is 11.2. The molecule has 0 saturated carbocycles. The van der Waals surface area contributed by atoms with Gasteiger partial charge in [-0.2, -0.15) is 0 Å². The van der Waals surface area contributed by atoms with E-state index >= 15 is 0 Å². The molecule has 0 atom stereocenters. The van der Waals surface area contributed by atoms with Crippen LogP contribution in [-0.4, -0.2) is 4.57 Å². The van der Waals surface area contributed by atoms with Gasteiger partial charge in [-0.05, 0) is 73.6 Å². The zero-order valence-electron chi connectivity index (χ0n) is 20.2. The van der Waals surface area contributed by atoms with Gasteiger partial charge in [-0.1, -0.05) is 69.3 Å². The molecule has 0 aliphatic rings. The van der Waals surface area contributed by atoms with E-state index in [0.29, 0.717) is 0 Å². The Hall–Kier alpha value is -2.87. The number of aromatic nitrogens is 2. The largest absolute Gasteiger partial charge is 0.290 e. The fourth-order valence-electron chi connectivity index (χ4n) is 4.48. The number of hydrogen-bond donors (Lipinski definition) is 0. The van der Waals surface area contributed by atoms with Crippen molar-refractivity contribution in [3.63, 3.8) is 0 Å². The Morgan fingerprint density at radius 1 is 0.742 bits per heavy atom. The van der Waals surface area contributed by atoms with Crippen LogP contribution in [-0.2, 0) is 18.0 Å². The SMILES string of the molecule is Cc1ccc(-c2ccccc2)cc1-c1n(C(C)(C)C)c2cc(C(C)(C)C)ccc2[n+]1C. The predicted octanol–water partition coefficient (Wildman–Crippen LogP) is 7.16. The van der Waals surface area contributed by atoms with Crippen molar-refractivity contribution in [1.82, 2.24) is 4.57 Å². The van der Waals surface area contributed by atoms with Gasteiger partial charge in [-0.3, -0.25) is 0 Å². The fraction of sp³-hybridized carbons (Fsp3) is 0.345. The first-order chi connectivity index (χ1) is 14.5. The van der Waals surface area contributed by atoms with Gasteiger partial charge in [-0.25, -0.2) is 9.13 Å². The van der Waals surface area contributed by atoms with E-state index in [2.05, 4.69) is 131 Å². The van der Waals surface area contributed by atoms with E-state index in [0.717, 1.165) is 0 Å². The normalized spacial score (nSPS) is 12.5. The number of imidazole rings is 1. The van der Waals surface area contributed by atoms with E-state index in [1.807, 2.05) is 0 Å². The van der Waals surface area contributed by atoms with Gasteiger partial charge in [0.25, 0.3) is 5.82 Å². The summed E-state index contributed by atoms with van der Waals surface area (Å²) in [6.45, 7) is 16.0. The van der Waals surface area contributed by atoms with E-state index in [4.69, 9.17) is 0 Å². The van der Waals surface area contributed by atoms with E-state index in [-0.39, 0.29) is 11.0 Å². The highest BCUT2D eigenvalue weighted by Crippen LogP contribution is 2.35. The number of rotatable bonds is 2. The molecular weight excluding hydrogens is 376 g/mol. The first kappa shape index (κ1) is 21.4. The van der Waals surface area contributed by atoms with Crippen LogP contribution in [0.15, 0.2) is 66.7 Å². The van der Waals surface area contributed by atoms with Crippen molar-refractivity contribution in [3.8, 4) is 22.5 Å². The summed E-state index contributed by atoms with van der Waals surface area (Å²) in [5.74, 6) is 1.25. The molecule has 2 nitrogen and oxygen atoms in total. The highest BCUT2D eigenvalue weighted by molar-refractivity contribution is 5.80. The van der Waals surface area contributed by atoms with Crippen LogP contribution in [0, 0.1) is 6.92 Å². The zero-order valence-corrected chi connectivity index (χ0v) is 20.2. The molecule has 0 fully saturated rings. The smallest absolute Gasteiger partial charge is 0.226 e. The van der Waals surface area contributed by atoms with Crippen LogP contribution in [0.25, 0.3) is 33.5 Å². The number of aryl methyl sites for hydroxylation is 2. The van der Waals surface area contributed by atoms with Gasteiger partial charge in [0, 0.05) is 0 Å². The molecule has 0 amide bonds. The standard InChI is InChI=1S/C29H35N2/c1-20-14-15-22(21-12-10-9-11-13-21)18-24(20)27-30(8)25-17-16-23(28(2,3)4)19-26(25)31(27)29(5,6)7/h9-19H,1-8H3/q+1. The van der Waals surface area contributed by atoms with Crippen LogP contribution in [0.3, 0.4) is 0 Å². The van der Waals surface area contributed by atoms with Gasteiger partial charge in [0.2, 0.25) is 0 Å². The molecule has 1 heterocycles. The van der Waals surface area contributed by atoms with Crippen LogP contribution in [0.5, 0.6) is 0 Å². The average Bonchev–Trinajstić information content (AvgIpc) is 3.00. The maximum Gasteiger partial charge on any atom is 0.290 e. The second-order valence-electron chi connectivity index (χ2n) is 10.7. The van der Waals surface area contributed by atoms with Crippen LogP contribution < -0.4 is 4.57 Å². The molecule has 0 aliphatic carbocycles. The molecule has 160 valence electrons. The monoisotopic (exact) mass is 411 g/mol. The summed E-state index contributed by atoms with van der Waals surface area (Å²) in [6, 6.07) is 24.5. The molecule has 1 aromatic heterocycles. The molecule has 31 heavy (non-hydrogen) atoms. The molecule has 0 aliphatic heterocycles. The van der Waals surface area contributed by atoms with Gasteiger partial charge < -0.3 is 0 Å². The number of nitrogens with zero attached hydrogens (tertiary/aromatic N) is 2. The molecule has 3 aromatic carbocycles. The Bertz CT molecular complexity index is 1250. The third-order valence-electron chi connectivity index (χ3n) is 6.23. The number of fused-ring (bicyclic) bond motifs is 1. The van der Waals surface area contributed by atoms with Gasteiger partial charge >= 0.3 is 0 Å². The van der Waals surface area contributed by atoms with Crippen LogP contribution in [0.1, 0.15) is 52.7 Å². The maximum absolute atomic E-state index is 2.52. The molecule has 4 aromatic rings. The topological polar surface area (TPSA) is 8.81 Å². The molecule has 0 unspecified atom stereocenters. The van der Waals surface area contributed by atoms with Crippen LogP contribution in [0.2, 0.25) is 0 Å². The van der Waals surface area contributed by atoms with Crippen LogP contribution in [0.4, 0.5) is 0 Å². The van der Waals surface area contributed by atoms with Gasteiger partial charge in [0.1, 0.15) is 5.54 Å². The summed E-state index contributed by atoms with van der Waals surface area (Å²) in [6.07, 6.45) is 0. The predicted molar refractivity (Wildman–Crippen MR) is 132 cm³/mol. The molecular formula is C29H35N2+. The summed E-state index contributed by atoms with van der Waals surface area (Å²) in [5, 5.41) is 0. The quantitative estimate of drug-likeness (QED) is 0.309. The second-order valence-corrected chi connectivity index (χ2v) is 10.7. The van der Waals surface area contributed by atoms with Crippen molar-refractivity contribution >= 4 is 11.0 Å². The average molecular weight is 412 g/mol. The molecule has 0 bridgehead atoms. The lowest BCUT2D eigenvalue weighted by Gasteiger charge is -2.21. The molecule has 0 N–H and O–H groups in total. The Morgan fingerprint density at radius 2 is 1.42 bits per heavy atom. The fourth-order valence-corrected chi connectivity index (χ4v) is 4.48. The summed E-state index contributed by atoms with van der Waals surface area (Å²) in [4.78, 5) is 0. The second kappa shape index (κ2) is 7.37. The Labute approximate surface area is 187 Å². The van der Waals surface area contributed by atoms with Crippen LogP contribution >= 0.6 is 0 Å². The van der Waals surface area contributed by atoms with Crippen molar-refractivity contribution in [3.05, 3.63) is 77.9 Å². The third kappa shape index (κ3) is 3.80. The van der Waals surface area contributed by atoms with Crippen molar-refractivity contribution in [1.29, 1.82) is 0 Å². The maximum atomic E-state index is 2.52. The molecule has 0 saturated heterocycles. The van der Waals surface area contributed by atoms with Crippen molar-refractivity contribution in [2.45, 2.75) is 59.4 Å². The summed E-state index contributed by atoms with van der Waals surface area (Å²) >= 11 is 0. The lowest BCUT2D eigenvalue weighted by Crippen LogP contribution is -2.33. The minimum Gasteiger partial charge on any atom is -0.226 e. The Balaban J connectivity index is 2.06. The lowest BCUT2D eigenvalue weighted by molar-refractivity contribution is -0.634. The highest BCUT2D eigenvalue weighted by atomic mass is 15.2. The minimum atomic E-state index is -0.0550.